The summed E-state index contributed by atoms with van der Waals surface area (Å²) in [5.74, 6) is 0.737. The van der Waals surface area contributed by atoms with Gasteiger partial charge in [-0.25, -0.2) is 9.97 Å². The quantitative estimate of drug-likeness (QED) is 0.645. The molecule has 0 bridgehead atoms. The molecule has 4 heterocycles. The Morgan fingerprint density at radius 1 is 1.23 bits per heavy atom. The van der Waals surface area contributed by atoms with Crippen LogP contribution in [0.4, 0.5) is 5.95 Å². The van der Waals surface area contributed by atoms with Gasteiger partial charge in [-0.2, -0.15) is 5.10 Å². The Hall–Kier alpha value is -3.00. The van der Waals surface area contributed by atoms with E-state index in [1.54, 1.807) is 12.4 Å². The molecule has 0 atom stereocenters. The molecule has 0 spiro atoms. The fourth-order valence-electron chi connectivity index (χ4n) is 3.72. The molecule has 4 rings (SSSR count). The zero-order valence-corrected chi connectivity index (χ0v) is 17.7. The van der Waals surface area contributed by atoms with Crippen molar-refractivity contribution in [3.63, 3.8) is 0 Å². The number of aromatic nitrogens is 5. The number of hydrogen-bond donors (Lipinski definition) is 2. The van der Waals surface area contributed by atoms with Gasteiger partial charge in [-0.1, -0.05) is 11.6 Å². The molecule has 8 nitrogen and oxygen atoms in total. The lowest BCUT2D eigenvalue weighted by Gasteiger charge is -2.32. The van der Waals surface area contributed by atoms with Crippen molar-refractivity contribution in [1.29, 1.82) is 0 Å². The van der Waals surface area contributed by atoms with Crippen molar-refractivity contribution >= 4 is 23.5 Å². The van der Waals surface area contributed by atoms with Gasteiger partial charge >= 0.3 is 0 Å². The average molecular weight is 426 g/mol. The van der Waals surface area contributed by atoms with Gasteiger partial charge in [0.2, 0.25) is 5.95 Å². The number of likely N-dealkylation sites (tertiary alicyclic amines) is 1. The highest BCUT2D eigenvalue weighted by Gasteiger charge is 2.29. The molecule has 0 aromatic carbocycles. The summed E-state index contributed by atoms with van der Waals surface area (Å²) in [6.45, 7) is 5.38. The lowest BCUT2D eigenvalue weighted by Crippen LogP contribution is -2.38. The van der Waals surface area contributed by atoms with Crippen molar-refractivity contribution in [3.8, 4) is 11.1 Å². The molecular formula is C21H24ClN7O. The number of rotatable bonds is 5. The zero-order chi connectivity index (χ0) is 21.1. The maximum absolute atomic E-state index is 12.7. The van der Waals surface area contributed by atoms with Crippen molar-refractivity contribution in [2.45, 2.75) is 38.6 Å². The Labute approximate surface area is 180 Å². The second kappa shape index (κ2) is 8.79. The van der Waals surface area contributed by atoms with Crippen LogP contribution in [-0.4, -0.2) is 55.1 Å². The van der Waals surface area contributed by atoms with Crippen LogP contribution in [0.2, 0.25) is 5.02 Å². The summed E-state index contributed by atoms with van der Waals surface area (Å²) in [6, 6.07) is 4.18. The fourth-order valence-corrected chi connectivity index (χ4v) is 3.90. The molecule has 0 radical (unpaired) electrons. The van der Waals surface area contributed by atoms with Crippen LogP contribution in [0.1, 0.15) is 48.8 Å². The first kappa shape index (κ1) is 20.3. The van der Waals surface area contributed by atoms with Crippen LogP contribution in [0.5, 0.6) is 0 Å². The van der Waals surface area contributed by atoms with Crippen LogP contribution < -0.4 is 5.32 Å². The minimum atomic E-state index is -0.116. The van der Waals surface area contributed by atoms with E-state index >= 15 is 0 Å². The number of nitrogens with one attached hydrogen (secondary N) is 2. The van der Waals surface area contributed by atoms with E-state index in [0.29, 0.717) is 29.8 Å². The number of nitrogens with zero attached hydrogens (tertiary/aromatic N) is 5. The van der Waals surface area contributed by atoms with Crippen molar-refractivity contribution in [2.75, 3.05) is 18.4 Å². The average Bonchev–Trinajstić information content (AvgIpc) is 3.19. The molecule has 3 aromatic heterocycles. The van der Waals surface area contributed by atoms with Gasteiger partial charge in [-0.15, -0.1) is 0 Å². The van der Waals surface area contributed by atoms with Crippen LogP contribution >= 0.6 is 11.6 Å². The highest BCUT2D eigenvalue weighted by atomic mass is 35.5. The first-order valence-corrected chi connectivity index (χ1v) is 10.4. The number of carbonyl (C=O) groups excluding carboxylic acids is 1. The largest absolute Gasteiger partial charge is 0.352 e. The minimum Gasteiger partial charge on any atom is -0.352 e. The smallest absolute Gasteiger partial charge is 0.273 e. The molecule has 1 aliphatic heterocycles. The standard InChI is InChI=1S/C21H24ClN7O/c1-13(2)26-21-24-11-16(14-3-7-23-8-4-14)18(27-21)15-5-9-29(10-6-15)20(30)19-17(22)12-25-28-19/h3-4,7-8,11-13,15H,5-6,9-10H2,1-2H3,(H,25,28)(H,24,26,27). The summed E-state index contributed by atoms with van der Waals surface area (Å²) >= 11 is 6.06. The molecule has 0 aliphatic carbocycles. The van der Waals surface area contributed by atoms with Gasteiger partial charge in [0.05, 0.1) is 16.9 Å². The number of amides is 1. The molecule has 0 saturated carbocycles. The normalized spacial score (nSPS) is 14.9. The molecule has 3 aromatic rings. The number of pyridine rings is 1. The third-order valence-electron chi connectivity index (χ3n) is 5.20. The van der Waals surface area contributed by atoms with Crippen molar-refractivity contribution in [1.82, 2.24) is 30.0 Å². The minimum absolute atomic E-state index is 0.116. The Morgan fingerprint density at radius 3 is 2.60 bits per heavy atom. The highest BCUT2D eigenvalue weighted by Crippen LogP contribution is 2.34. The molecule has 1 fully saturated rings. The van der Waals surface area contributed by atoms with E-state index in [1.165, 1.54) is 6.20 Å². The first-order chi connectivity index (χ1) is 14.5. The number of aromatic amines is 1. The van der Waals surface area contributed by atoms with E-state index in [9.17, 15) is 4.79 Å². The van der Waals surface area contributed by atoms with Crippen molar-refractivity contribution in [2.24, 2.45) is 0 Å². The Balaban J connectivity index is 1.57. The maximum atomic E-state index is 12.7. The van der Waals surface area contributed by atoms with Crippen LogP contribution in [-0.2, 0) is 0 Å². The molecule has 0 unspecified atom stereocenters. The lowest BCUT2D eigenvalue weighted by atomic mass is 9.89. The monoisotopic (exact) mass is 425 g/mol. The number of piperidine rings is 1. The number of anilines is 1. The number of carbonyl (C=O) groups is 1. The van der Waals surface area contributed by atoms with Gasteiger partial charge in [-0.3, -0.25) is 14.9 Å². The predicted molar refractivity (Wildman–Crippen MR) is 115 cm³/mol. The number of hydrogen-bond acceptors (Lipinski definition) is 6. The fraction of sp³-hybridized carbons (Fsp3) is 0.381. The summed E-state index contributed by atoms with van der Waals surface area (Å²) < 4.78 is 0. The topological polar surface area (TPSA) is 99.7 Å². The maximum Gasteiger partial charge on any atom is 0.273 e. The van der Waals surface area contributed by atoms with E-state index < -0.39 is 0 Å². The van der Waals surface area contributed by atoms with Crippen LogP contribution in [0.15, 0.2) is 36.9 Å². The highest BCUT2D eigenvalue weighted by molar-refractivity contribution is 6.33. The van der Waals surface area contributed by atoms with E-state index in [0.717, 1.165) is 29.7 Å². The Kier molecular flexibility index (Phi) is 5.94. The van der Waals surface area contributed by atoms with Gasteiger partial charge in [0.25, 0.3) is 5.91 Å². The lowest BCUT2D eigenvalue weighted by molar-refractivity contribution is 0.0706. The van der Waals surface area contributed by atoms with Gasteiger partial charge < -0.3 is 10.2 Å². The number of H-pyrrole nitrogens is 1. The summed E-state index contributed by atoms with van der Waals surface area (Å²) in [7, 11) is 0. The second-order valence-corrected chi connectivity index (χ2v) is 8.09. The second-order valence-electron chi connectivity index (χ2n) is 7.69. The van der Waals surface area contributed by atoms with Gasteiger partial charge in [0, 0.05) is 49.2 Å². The summed E-state index contributed by atoms with van der Waals surface area (Å²) in [5, 5.41) is 10.2. The third kappa shape index (κ3) is 4.28. The van der Waals surface area contributed by atoms with Gasteiger partial charge in [-0.05, 0) is 44.4 Å². The van der Waals surface area contributed by atoms with Crippen molar-refractivity contribution in [3.05, 3.63) is 53.3 Å². The van der Waals surface area contributed by atoms with E-state index in [4.69, 9.17) is 16.6 Å². The van der Waals surface area contributed by atoms with Gasteiger partial charge in [0.15, 0.2) is 0 Å². The molecule has 156 valence electrons. The van der Waals surface area contributed by atoms with Crippen molar-refractivity contribution < 1.29 is 4.79 Å². The molecule has 2 N–H and O–H groups in total. The molecule has 30 heavy (non-hydrogen) atoms. The number of halogens is 1. The van der Waals surface area contributed by atoms with Crippen LogP contribution in [0.25, 0.3) is 11.1 Å². The zero-order valence-electron chi connectivity index (χ0n) is 17.0. The van der Waals surface area contributed by atoms with Crippen LogP contribution in [0.3, 0.4) is 0 Å². The SMILES string of the molecule is CC(C)Nc1ncc(-c2ccncc2)c(C2CCN(C(=O)c3[nH]ncc3Cl)CC2)n1. The Morgan fingerprint density at radius 2 is 1.97 bits per heavy atom. The van der Waals surface area contributed by atoms with Gasteiger partial charge in [0.1, 0.15) is 5.69 Å². The molecule has 1 amide bonds. The van der Waals surface area contributed by atoms with Crippen LogP contribution in [0, 0.1) is 0 Å². The summed E-state index contributed by atoms with van der Waals surface area (Å²) in [5.41, 5.74) is 3.40. The summed E-state index contributed by atoms with van der Waals surface area (Å²) in [4.78, 5) is 28.0. The third-order valence-corrected chi connectivity index (χ3v) is 5.49. The van der Waals surface area contributed by atoms with E-state index in [1.807, 2.05) is 23.2 Å². The van der Waals surface area contributed by atoms with E-state index in [-0.39, 0.29) is 17.9 Å². The molecule has 1 aliphatic rings. The van der Waals surface area contributed by atoms with E-state index in [2.05, 4.69) is 39.3 Å². The molecular weight excluding hydrogens is 402 g/mol. The first-order valence-electron chi connectivity index (χ1n) is 10.0. The Bertz CT molecular complexity index is 1010. The molecule has 1 saturated heterocycles. The molecule has 9 heteroatoms. The summed E-state index contributed by atoms with van der Waals surface area (Å²) in [6.07, 6.45) is 8.50. The predicted octanol–water partition coefficient (Wildman–Crippen LogP) is 3.76.